The minimum Gasteiger partial charge on any atom is -0.153 e. The molecule has 0 aliphatic rings. The van der Waals surface area contributed by atoms with Crippen molar-refractivity contribution in [2.75, 3.05) is 0 Å². The van der Waals surface area contributed by atoms with Crippen molar-refractivity contribution in [2.24, 2.45) is 0 Å². The molecule has 0 saturated heterocycles. The third-order valence-electron chi connectivity index (χ3n) is 3.81. The van der Waals surface area contributed by atoms with Crippen molar-refractivity contribution in [3.05, 3.63) is 8.95 Å². The molecule has 5 heteroatoms. The summed E-state index contributed by atoms with van der Waals surface area (Å²) in [4.78, 5) is 0. The van der Waals surface area contributed by atoms with Crippen LogP contribution in [-0.2, 0) is 0 Å². The molecule has 2 radical (unpaired) electrons. The fourth-order valence-corrected chi connectivity index (χ4v) is 16.8. The van der Waals surface area contributed by atoms with Gasteiger partial charge in [-0.05, 0) is 54.0 Å². The number of thiophene rings is 1. The minimum atomic E-state index is -0.513. The molecule has 21 heavy (non-hydrogen) atoms. The summed E-state index contributed by atoms with van der Waals surface area (Å²) in [5.74, 6) is 0. The molecule has 0 spiro atoms. The highest BCUT2D eigenvalue weighted by molar-refractivity contribution is 9.13. The van der Waals surface area contributed by atoms with Crippen molar-refractivity contribution in [1.82, 2.24) is 0 Å². The van der Waals surface area contributed by atoms with E-state index in [2.05, 4.69) is 98.6 Å². The number of hydrogen-bond acceptors (Lipinski definition) is 1. The van der Waals surface area contributed by atoms with Gasteiger partial charge in [-0.25, -0.2) is 0 Å². The Labute approximate surface area is 155 Å². The highest BCUT2D eigenvalue weighted by Crippen LogP contribution is 2.33. The quantitative estimate of drug-likeness (QED) is 0.429. The van der Waals surface area contributed by atoms with Gasteiger partial charge in [0.25, 0.3) is 0 Å². The monoisotopic (exact) mass is 466 g/mol. The third-order valence-corrected chi connectivity index (χ3v) is 16.6. The van der Waals surface area contributed by atoms with Crippen LogP contribution in [0.15, 0.2) is 8.95 Å². The van der Waals surface area contributed by atoms with E-state index >= 15 is 0 Å². The van der Waals surface area contributed by atoms with Crippen molar-refractivity contribution in [2.45, 2.75) is 77.6 Å². The van der Waals surface area contributed by atoms with Gasteiger partial charge in [-0.15, -0.1) is 0 Å². The van der Waals surface area contributed by atoms with Crippen LogP contribution in [0.1, 0.15) is 55.4 Å². The molecule has 0 N–H and O–H groups in total. The lowest BCUT2D eigenvalue weighted by Crippen LogP contribution is -2.36. The van der Waals surface area contributed by atoms with Gasteiger partial charge in [-0.3, -0.25) is 0 Å². The van der Waals surface area contributed by atoms with Gasteiger partial charge in [-0.1, -0.05) is 55.4 Å². The zero-order valence-electron chi connectivity index (χ0n) is 14.5. The Bertz CT molecular complexity index is 411. The molecule has 0 aromatic carbocycles. The summed E-state index contributed by atoms with van der Waals surface area (Å²) < 4.78 is 6.02. The molecule has 0 fully saturated rings. The summed E-state index contributed by atoms with van der Waals surface area (Å²) in [6.45, 7) is 19.1. The second kappa shape index (κ2) is 8.27. The molecule has 0 aliphatic heterocycles. The van der Waals surface area contributed by atoms with Gasteiger partial charge in [0.15, 0.2) is 0 Å². The van der Waals surface area contributed by atoms with E-state index in [1.165, 1.54) is 8.95 Å². The molecule has 120 valence electrons. The lowest BCUT2D eigenvalue weighted by molar-refractivity contribution is 0.952. The van der Waals surface area contributed by atoms with Gasteiger partial charge in [0.2, 0.25) is 0 Å². The summed E-state index contributed by atoms with van der Waals surface area (Å²) in [6.07, 6.45) is 0. The average Bonchev–Trinajstić information content (AvgIpc) is 2.57. The summed E-state index contributed by atoms with van der Waals surface area (Å²) >= 11 is 9.93. The van der Waals surface area contributed by atoms with Gasteiger partial charge in [-0.2, -0.15) is 11.3 Å². The van der Waals surface area contributed by atoms with E-state index in [1.807, 2.05) is 0 Å². The van der Waals surface area contributed by atoms with E-state index in [-0.39, 0.29) is 0 Å². The lowest BCUT2D eigenvalue weighted by atomic mass is 10.5. The van der Waals surface area contributed by atoms with Crippen molar-refractivity contribution in [1.29, 1.82) is 0 Å². The predicted molar refractivity (Wildman–Crippen MR) is 111 cm³/mol. The predicted octanol–water partition coefficient (Wildman–Crippen LogP) is 6.32. The van der Waals surface area contributed by atoms with E-state index in [1.54, 1.807) is 9.00 Å². The minimum absolute atomic E-state index is 0.513. The molecular formula is C16H28Br2SSi2. The standard InChI is InChI=1S/C16H28Br2SSi2/c1-9(2)20(10(3)4)15-13(17)14(18)16(19-15)21(11(5)6)12(7)8/h9-12H,1-8H3. The van der Waals surface area contributed by atoms with Crippen LogP contribution in [0.3, 0.4) is 0 Å². The molecule has 0 unspecified atom stereocenters. The van der Waals surface area contributed by atoms with Crippen molar-refractivity contribution in [3.63, 3.8) is 0 Å². The molecule has 0 saturated carbocycles. The topological polar surface area (TPSA) is 0 Å². The van der Waals surface area contributed by atoms with Gasteiger partial charge in [0.1, 0.15) is 17.6 Å². The van der Waals surface area contributed by atoms with Crippen molar-refractivity contribution < 1.29 is 0 Å². The summed E-state index contributed by atoms with van der Waals surface area (Å²) in [6, 6.07) is 0. The Morgan fingerprint density at radius 2 is 0.857 bits per heavy atom. The van der Waals surface area contributed by atoms with E-state index in [9.17, 15) is 0 Å². The van der Waals surface area contributed by atoms with Gasteiger partial charge < -0.3 is 0 Å². The Morgan fingerprint density at radius 3 is 1.05 bits per heavy atom. The van der Waals surface area contributed by atoms with Crippen LogP contribution in [-0.4, -0.2) is 17.6 Å². The molecule has 0 bridgehead atoms. The molecule has 1 rings (SSSR count). The second-order valence-electron chi connectivity index (χ2n) is 6.92. The molecule has 0 atom stereocenters. The van der Waals surface area contributed by atoms with Gasteiger partial charge in [0.05, 0.1) is 0 Å². The Kier molecular flexibility index (Phi) is 7.93. The maximum absolute atomic E-state index is 3.91. The maximum Gasteiger partial charge on any atom is 0.106 e. The van der Waals surface area contributed by atoms with Crippen molar-refractivity contribution >= 4 is 69.8 Å². The number of halogens is 2. The normalized spacial score (nSPS) is 13.0. The summed E-state index contributed by atoms with van der Waals surface area (Å²) in [5, 5.41) is 0. The first-order valence-corrected chi connectivity index (χ1v) is 13.5. The third kappa shape index (κ3) is 4.55. The first-order chi connectivity index (χ1) is 9.59. The molecule has 1 heterocycles. The molecular weight excluding hydrogens is 440 g/mol. The Hall–Kier alpha value is 1.09. The number of hydrogen-bond donors (Lipinski definition) is 0. The van der Waals surface area contributed by atoms with Crippen LogP contribution in [0.5, 0.6) is 0 Å². The molecule has 1 aromatic rings. The lowest BCUT2D eigenvalue weighted by Gasteiger charge is -2.23. The van der Waals surface area contributed by atoms with Crippen LogP contribution >= 0.6 is 43.2 Å². The molecule has 0 aliphatic carbocycles. The largest absolute Gasteiger partial charge is 0.153 e. The van der Waals surface area contributed by atoms with E-state index in [0.29, 0.717) is 0 Å². The zero-order valence-corrected chi connectivity index (χ0v) is 20.5. The van der Waals surface area contributed by atoms with Crippen LogP contribution in [0, 0.1) is 0 Å². The highest BCUT2D eigenvalue weighted by atomic mass is 79.9. The molecule has 1 aromatic heterocycles. The summed E-state index contributed by atoms with van der Waals surface area (Å²) in [5.41, 5.74) is 3.11. The summed E-state index contributed by atoms with van der Waals surface area (Å²) in [7, 11) is -1.03. The Morgan fingerprint density at radius 1 is 0.619 bits per heavy atom. The SMILES string of the molecule is CC(C)[Si](c1sc([Si](C(C)C)C(C)C)c(Br)c1Br)C(C)C. The van der Waals surface area contributed by atoms with Gasteiger partial charge >= 0.3 is 0 Å². The second-order valence-corrected chi connectivity index (χ2v) is 17.7. The molecule has 0 amide bonds. The first kappa shape index (κ1) is 20.1. The van der Waals surface area contributed by atoms with Crippen LogP contribution in [0.4, 0.5) is 0 Å². The van der Waals surface area contributed by atoms with E-state index < -0.39 is 17.6 Å². The average molecular weight is 468 g/mol. The number of rotatable bonds is 6. The zero-order chi connectivity index (χ0) is 16.5. The Balaban J connectivity index is 3.37. The van der Waals surface area contributed by atoms with Gasteiger partial charge in [0, 0.05) is 17.9 Å². The van der Waals surface area contributed by atoms with E-state index in [4.69, 9.17) is 0 Å². The fourth-order valence-electron chi connectivity index (χ4n) is 3.14. The highest BCUT2D eigenvalue weighted by Gasteiger charge is 2.33. The van der Waals surface area contributed by atoms with Crippen LogP contribution in [0.2, 0.25) is 22.2 Å². The molecule has 0 nitrogen and oxygen atoms in total. The maximum atomic E-state index is 3.91. The van der Waals surface area contributed by atoms with Crippen LogP contribution < -0.4 is 9.00 Å². The van der Waals surface area contributed by atoms with E-state index in [0.717, 1.165) is 22.2 Å². The smallest absolute Gasteiger partial charge is 0.106 e. The fraction of sp³-hybridized carbons (Fsp3) is 0.750. The van der Waals surface area contributed by atoms with Crippen molar-refractivity contribution in [3.8, 4) is 0 Å². The first-order valence-electron chi connectivity index (χ1n) is 7.81. The van der Waals surface area contributed by atoms with Crippen LogP contribution in [0.25, 0.3) is 0 Å².